The summed E-state index contributed by atoms with van der Waals surface area (Å²) in [5, 5.41) is 4.38. The van der Waals surface area contributed by atoms with Crippen LogP contribution in [0.3, 0.4) is 0 Å². The van der Waals surface area contributed by atoms with Crippen molar-refractivity contribution in [2.75, 3.05) is 0 Å². The summed E-state index contributed by atoms with van der Waals surface area (Å²) in [5.74, 6) is 0. The second-order valence-corrected chi connectivity index (χ2v) is 16.7. The molecule has 4 aliphatic rings. The average Bonchev–Trinajstić information content (AvgIpc) is 4.02. The van der Waals surface area contributed by atoms with Gasteiger partial charge in [0.05, 0.1) is 0 Å². The Morgan fingerprint density at radius 2 is 0.468 bits per heavy atom. The van der Waals surface area contributed by atoms with Crippen molar-refractivity contribution in [3.05, 3.63) is 216 Å². The van der Waals surface area contributed by atoms with Gasteiger partial charge >= 0.3 is 0 Å². The third kappa shape index (κ3) is 6.44. The lowest BCUT2D eigenvalue weighted by Gasteiger charge is -2.07. The summed E-state index contributed by atoms with van der Waals surface area (Å²) in [7, 11) is 0. The van der Waals surface area contributed by atoms with Gasteiger partial charge in [-0.2, -0.15) is 0 Å². The molecule has 2 nitrogen and oxygen atoms in total. The highest BCUT2D eigenvalue weighted by atomic mass is 16.3. The molecule has 0 radical (unpaired) electrons. The van der Waals surface area contributed by atoms with Crippen molar-refractivity contribution in [2.45, 2.75) is 27.7 Å². The Labute approximate surface area is 362 Å². The van der Waals surface area contributed by atoms with Crippen LogP contribution in [-0.4, -0.2) is 0 Å². The molecule has 0 aliphatic heterocycles. The smallest absolute Gasteiger partial charge is 0.136 e. The Morgan fingerprint density at radius 1 is 0.242 bits per heavy atom. The monoisotopic (exact) mass is 796 g/mol. The van der Waals surface area contributed by atoms with E-state index in [2.05, 4.69) is 222 Å². The van der Waals surface area contributed by atoms with Gasteiger partial charge in [0.2, 0.25) is 0 Å². The summed E-state index contributed by atoms with van der Waals surface area (Å²) in [6.45, 7) is 8.55. The highest BCUT2D eigenvalue weighted by molar-refractivity contribution is 6.16. The lowest BCUT2D eigenvalue weighted by atomic mass is 9.98. The van der Waals surface area contributed by atoms with Crippen molar-refractivity contribution in [2.24, 2.45) is 0 Å². The third-order valence-corrected chi connectivity index (χ3v) is 12.5. The van der Waals surface area contributed by atoms with Gasteiger partial charge in [-0.05, 0) is 130 Å². The van der Waals surface area contributed by atoms with Crippen molar-refractivity contribution in [1.82, 2.24) is 0 Å². The van der Waals surface area contributed by atoms with Crippen LogP contribution in [0.4, 0.5) is 0 Å². The molecule has 7 aromatic rings. The zero-order valence-corrected chi connectivity index (χ0v) is 35.3. The Kier molecular flexibility index (Phi) is 9.09. The quantitative estimate of drug-likeness (QED) is 0.177. The first kappa shape index (κ1) is 37.3. The lowest BCUT2D eigenvalue weighted by Crippen LogP contribution is -1.81. The molecule has 3 aromatic heterocycles. The average molecular weight is 797 g/mol. The van der Waals surface area contributed by atoms with E-state index in [0.717, 1.165) is 111 Å². The molecule has 2 heteroatoms. The van der Waals surface area contributed by atoms with Crippen molar-refractivity contribution in [3.63, 3.8) is 0 Å². The van der Waals surface area contributed by atoms with Crippen molar-refractivity contribution >= 4 is 43.9 Å². The van der Waals surface area contributed by atoms with Crippen molar-refractivity contribution in [3.8, 4) is 66.8 Å². The predicted molar refractivity (Wildman–Crippen MR) is 261 cm³/mol. The van der Waals surface area contributed by atoms with Crippen LogP contribution >= 0.6 is 0 Å². The first-order valence-electron chi connectivity index (χ1n) is 21.4. The molecule has 0 N–H and O–H groups in total. The van der Waals surface area contributed by atoms with Crippen LogP contribution in [-0.2, 0) is 0 Å². The normalized spacial score (nSPS) is 11.5. The van der Waals surface area contributed by atoms with Gasteiger partial charge in [-0.15, -0.1) is 0 Å². The molecule has 0 amide bonds. The van der Waals surface area contributed by atoms with Crippen LogP contribution in [0.5, 0.6) is 0 Å². The standard InChI is InChI=1S/C60H44O2/c1-37-15-23-41(24-16-37)57-49-35-50(46-12-8-5-7-11-45(46)49)58(42-25-17-38(2)18-26-42)55-33-34-56(62-55)60(44-29-21-40(4)22-30-44)52-36-51(47-13-9-6-10-14-48(47)52)59(54-32-31-53(57)61-54)43-27-19-39(3)20-28-43/h5-36H,1-4H3. The van der Waals surface area contributed by atoms with Gasteiger partial charge in [0.1, 0.15) is 22.3 Å². The fourth-order valence-corrected chi connectivity index (χ4v) is 9.28. The lowest BCUT2D eigenvalue weighted by molar-refractivity contribution is 0.668. The molecule has 4 aliphatic carbocycles. The molecular weight excluding hydrogens is 753 g/mol. The summed E-state index contributed by atoms with van der Waals surface area (Å²) in [5.41, 5.74) is 21.0. The molecule has 4 aromatic carbocycles. The molecule has 3 heterocycles. The number of furan rings is 2. The molecule has 0 fully saturated rings. The number of hydrogen-bond acceptors (Lipinski definition) is 2. The fraction of sp³-hybridized carbons (Fsp3) is 0.0667. The van der Waals surface area contributed by atoms with Gasteiger partial charge in [0.15, 0.2) is 0 Å². The van der Waals surface area contributed by atoms with E-state index in [-0.39, 0.29) is 0 Å². The van der Waals surface area contributed by atoms with Gasteiger partial charge in [-0.1, -0.05) is 180 Å². The highest BCUT2D eigenvalue weighted by Gasteiger charge is 2.23. The van der Waals surface area contributed by atoms with Crippen LogP contribution < -0.4 is 0 Å². The van der Waals surface area contributed by atoms with Crippen LogP contribution in [0.25, 0.3) is 111 Å². The minimum Gasteiger partial charge on any atom is -0.456 e. The molecule has 0 saturated heterocycles. The summed E-state index contributed by atoms with van der Waals surface area (Å²) < 4.78 is 14.7. The van der Waals surface area contributed by atoms with Gasteiger partial charge < -0.3 is 8.83 Å². The van der Waals surface area contributed by atoms with Crippen LogP contribution in [0.2, 0.25) is 0 Å². The van der Waals surface area contributed by atoms with Gasteiger partial charge in [-0.25, -0.2) is 0 Å². The fourth-order valence-electron chi connectivity index (χ4n) is 9.28. The molecule has 296 valence electrons. The molecule has 8 bridgehead atoms. The van der Waals surface area contributed by atoms with Gasteiger partial charge in [-0.3, -0.25) is 0 Å². The SMILES string of the molecule is Cc1ccc(-c2c3ccc(o3)c(-c3ccc(C)cc3)c3cc(c4cccccc3-4)c(-c3ccc(C)cc3)c3ccc(o3)c(-c3ccc(C)cc3)c3cc2c2cccccc3-2)cc1. The van der Waals surface area contributed by atoms with E-state index in [0.29, 0.717) is 0 Å². The maximum Gasteiger partial charge on any atom is 0.136 e. The zero-order valence-electron chi connectivity index (χ0n) is 35.3. The van der Waals surface area contributed by atoms with E-state index in [1.54, 1.807) is 0 Å². The zero-order chi connectivity index (χ0) is 41.9. The van der Waals surface area contributed by atoms with E-state index < -0.39 is 0 Å². The largest absolute Gasteiger partial charge is 0.456 e. The number of hydrogen-bond donors (Lipinski definition) is 0. The third-order valence-electron chi connectivity index (χ3n) is 12.5. The minimum absolute atomic E-state index is 0.802. The second kappa shape index (κ2) is 15.1. The molecule has 0 unspecified atom stereocenters. The van der Waals surface area contributed by atoms with Crippen molar-refractivity contribution in [1.29, 1.82) is 0 Å². The minimum atomic E-state index is 0.802. The summed E-state index contributed by atoms with van der Waals surface area (Å²) >= 11 is 0. The Morgan fingerprint density at radius 3 is 0.694 bits per heavy atom. The summed E-state index contributed by atoms with van der Waals surface area (Å²) in [6, 6.07) is 70.4. The maximum atomic E-state index is 7.33. The molecule has 11 rings (SSSR count). The molecular formula is C60H44O2. The first-order valence-corrected chi connectivity index (χ1v) is 21.4. The van der Waals surface area contributed by atoms with Crippen LogP contribution in [0.1, 0.15) is 22.3 Å². The topological polar surface area (TPSA) is 26.3 Å². The molecule has 0 saturated carbocycles. The maximum absolute atomic E-state index is 7.33. The second-order valence-electron chi connectivity index (χ2n) is 16.7. The van der Waals surface area contributed by atoms with E-state index in [4.69, 9.17) is 8.83 Å². The molecule has 0 atom stereocenters. The highest BCUT2D eigenvalue weighted by Crippen LogP contribution is 2.48. The van der Waals surface area contributed by atoms with Gasteiger partial charge in [0.25, 0.3) is 0 Å². The van der Waals surface area contributed by atoms with Crippen LogP contribution in [0, 0.1) is 27.7 Å². The first-order chi connectivity index (χ1) is 30.4. The van der Waals surface area contributed by atoms with E-state index in [1.807, 2.05) is 0 Å². The number of benzene rings is 4. The van der Waals surface area contributed by atoms with E-state index in [9.17, 15) is 0 Å². The van der Waals surface area contributed by atoms with E-state index >= 15 is 0 Å². The van der Waals surface area contributed by atoms with E-state index in [1.165, 1.54) is 22.3 Å². The number of rotatable bonds is 4. The summed E-state index contributed by atoms with van der Waals surface area (Å²) in [4.78, 5) is 0. The van der Waals surface area contributed by atoms with Crippen molar-refractivity contribution < 1.29 is 8.83 Å². The molecule has 62 heavy (non-hydrogen) atoms. The molecule has 0 spiro atoms. The Balaban J connectivity index is 1.44. The number of fused-ring (bicyclic) bond motifs is 14. The van der Waals surface area contributed by atoms with Crippen LogP contribution in [0.15, 0.2) is 203 Å². The summed E-state index contributed by atoms with van der Waals surface area (Å²) in [6.07, 6.45) is 0. The Hall–Kier alpha value is -7.68. The Bertz CT molecular complexity index is 3050. The van der Waals surface area contributed by atoms with Gasteiger partial charge in [0, 0.05) is 22.3 Å². The predicted octanol–water partition coefficient (Wildman–Crippen LogP) is 17.3. The number of aryl methyl sites for hydroxylation is 4.